The lowest BCUT2D eigenvalue weighted by Gasteiger charge is -2.04. The first-order valence-electron chi connectivity index (χ1n) is 4.26. The topological polar surface area (TPSA) is 52.0 Å². The monoisotopic (exact) mass is 244 g/mol. The van der Waals surface area contributed by atoms with Gasteiger partial charge in [-0.2, -0.15) is 0 Å². The van der Waals surface area contributed by atoms with Crippen molar-refractivity contribution in [1.82, 2.24) is 0 Å². The average Bonchev–Trinajstić information content (AvgIpc) is 2.16. The normalized spacial score (nSPS) is 15.4. The fraction of sp³-hybridized carbons (Fsp3) is 0.0909. The van der Waals surface area contributed by atoms with E-state index in [0.29, 0.717) is 5.57 Å². The van der Waals surface area contributed by atoms with Crippen LogP contribution in [0.4, 0.5) is 0 Å². The largest absolute Gasteiger partial charge is 0.389 e. The number of hydrogen-bond donors (Lipinski definition) is 2. The molecule has 0 saturated heterocycles. The molecule has 0 saturated carbocycles. The van der Waals surface area contributed by atoms with Crippen LogP contribution in [0.25, 0.3) is 0 Å². The maximum atomic E-state index is 5.74. The maximum Gasteiger partial charge on any atom is 0.107 e. The number of hydrogen-bond acceptors (Lipinski definition) is 2. The van der Waals surface area contributed by atoms with Crippen molar-refractivity contribution in [3.05, 3.63) is 58.4 Å². The van der Waals surface area contributed by atoms with Crippen LogP contribution in [0, 0.1) is 0 Å². The SMILES string of the molecule is C=C/C=C\C(=C/C)C(/C=C(\N)Cl)=C(N)Cl. The van der Waals surface area contributed by atoms with Crippen molar-refractivity contribution in [3.63, 3.8) is 0 Å². The van der Waals surface area contributed by atoms with Gasteiger partial charge in [-0.15, -0.1) is 0 Å². The summed E-state index contributed by atoms with van der Waals surface area (Å²) in [6.07, 6.45) is 8.59. The highest BCUT2D eigenvalue weighted by molar-refractivity contribution is 6.31. The lowest BCUT2D eigenvalue weighted by molar-refractivity contribution is 1.38. The molecule has 0 rings (SSSR count). The maximum absolute atomic E-state index is 5.74. The summed E-state index contributed by atoms with van der Waals surface area (Å²) in [5, 5.41) is 0.264. The van der Waals surface area contributed by atoms with E-state index in [1.165, 1.54) is 6.08 Å². The summed E-state index contributed by atoms with van der Waals surface area (Å²) in [6.45, 7) is 5.43. The Morgan fingerprint density at radius 2 is 1.87 bits per heavy atom. The van der Waals surface area contributed by atoms with E-state index in [1.54, 1.807) is 12.2 Å². The van der Waals surface area contributed by atoms with Crippen LogP contribution in [0.1, 0.15) is 6.92 Å². The van der Waals surface area contributed by atoms with Gasteiger partial charge in [0.2, 0.25) is 0 Å². The van der Waals surface area contributed by atoms with E-state index in [1.807, 2.05) is 19.1 Å². The van der Waals surface area contributed by atoms with Gasteiger partial charge >= 0.3 is 0 Å². The average molecular weight is 245 g/mol. The van der Waals surface area contributed by atoms with Crippen LogP contribution in [0.15, 0.2) is 58.4 Å². The first kappa shape index (κ1) is 13.9. The summed E-state index contributed by atoms with van der Waals surface area (Å²) in [5.74, 6) is 0. The number of allylic oxidation sites excluding steroid dienone is 7. The van der Waals surface area contributed by atoms with E-state index < -0.39 is 0 Å². The molecule has 4 N–H and O–H groups in total. The quantitative estimate of drug-likeness (QED) is 0.590. The molecule has 0 radical (unpaired) electrons. The van der Waals surface area contributed by atoms with Crippen LogP contribution in [0.5, 0.6) is 0 Å². The van der Waals surface area contributed by atoms with Crippen LogP contribution in [-0.2, 0) is 0 Å². The van der Waals surface area contributed by atoms with E-state index in [2.05, 4.69) is 6.58 Å². The smallest absolute Gasteiger partial charge is 0.107 e. The Kier molecular flexibility index (Phi) is 6.67. The molecule has 0 unspecified atom stereocenters. The molecule has 0 aromatic heterocycles. The molecule has 0 atom stereocenters. The first-order valence-corrected chi connectivity index (χ1v) is 5.02. The lowest BCUT2D eigenvalue weighted by Crippen LogP contribution is -1.98. The van der Waals surface area contributed by atoms with Crippen LogP contribution in [0.2, 0.25) is 0 Å². The Morgan fingerprint density at radius 1 is 1.27 bits per heavy atom. The van der Waals surface area contributed by atoms with Gasteiger partial charge in [-0.05, 0) is 18.6 Å². The van der Waals surface area contributed by atoms with Crippen molar-refractivity contribution in [2.75, 3.05) is 0 Å². The van der Waals surface area contributed by atoms with Crippen molar-refractivity contribution >= 4 is 23.2 Å². The molecule has 0 aliphatic rings. The van der Waals surface area contributed by atoms with Crippen LogP contribution in [-0.4, -0.2) is 0 Å². The van der Waals surface area contributed by atoms with Gasteiger partial charge < -0.3 is 11.5 Å². The third-order valence-corrected chi connectivity index (χ3v) is 1.89. The molecule has 0 aliphatic heterocycles. The predicted molar refractivity (Wildman–Crippen MR) is 68.3 cm³/mol. The van der Waals surface area contributed by atoms with Crippen LogP contribution >= 0.6 is 23.2 Å². The molecule has 0 aromatic carbocycles. The lowest BCUT2D eigenvalue weighted by atomic mass is 10.1. The summed E-state index contributed by atoms with van der Waals surface area (Å²) in [6, 6.07) is 0. The van der Waals surface area contributed by atoms with Crippen molar-refractivity contribution in [2.45, 2.75) is 6.92 Å². The van der Waals surface area contributed by atoms with E-state index >= 15 is 0 Å². The minimum Gasteiger partial charge on any atom is -0.389 e. The van der Waals surface area contributed by atoms with Gasteiger partial charge in [0.25, 0.3) is 0 Å². The summed E-state index contributed by atoms with van der Waals surface area (Å²) in [5.41, 5.74) is 12.3. The number of halogens is 2. The van der Waals surface area contributed by atoms with E-state index in [9.17, 15) is 0 Å². The fourth-order valence-corrected chi connectivity index (χ4v) is 1.21. The molecular weight excluding hydrogens is 231 g/mol. The molecule has 4 heteroatoms. The highest BCUT2D eigenvalue weighted by Gasteiger charge is 2.03. The Hall–Kier alpha value is -1.12. The predicted octanol–water partition coefficient (Wildman–Crippen LogP) is 3.12. The van der Waals surface area contributed by atoms with Gasteiger partial charge in [-0.3, -0.25) is 0 Å². The molecule has 0 aromatic rings. The Morgan fingerprint density at radius 3 is 2.20 bits per heavy atom. The zero-order valence-electron chi connectivity index (χ0n) is 8.50. The second-order valence-electron chi connectivity index (χ2n) is 2.63. The molecule has 0 fully saturated rings. The van der Waals surface area contributed by atoms with Gasteiger partial charge in [-0.1, -0.05) is 54.1 Å². The van der Waals surface area contributed by atoms with E-state index in [0.717, 1.165) is 5.57 Å². The Balaban J connectivity index is 5.27. The second-order valence-corrected chi connectivity index (χ2v) is 3.47. The van der Waals surface area contributed by atoms with Crippen molar-refractivity contribution in [1.29, 1.82) is 0 Å². The van der Waals surface area contributed by atoms with Crippen molar-refractivity contribution < 1.29 is 0 Å². The highest BCUT2D eigenvalue weighted by atomic mass is 35.5. The van der Waals surface area contributed by atoms with Gasteiger partial charge in [0.1, 0.15) is 5.16 Å². The third-order valence-electron chi connectivity index (χ3n) is 1.57. The van der Waals surface area contributed by atoms with Gasteiger partial charge in [0.15, 0.2) is 0 Å². The van der Waals surface area contributed by atoms with Crippen molar-refractivity contribution in [3.8, 4) is 0 Å². The zero-order valence-corrected chi connectivity index (χ0v) is 10.0. The van der Waals surface area contributed by atoms with Gasteiger partial charge in [0.05, 0.1) is 5.16 Å². The molecule has 0 heterocycles. The van der Waals surface area contributed by atoms with Gasteiger partial charge in [-0.25, -0.2) is 0 Å². The zero-order chi connectivity index (χ0) is 11.8. The minimum atomic E-state index is 0.125. The molecule has 2 nitrogen and oxygen atoms in total. The molecule has 0 spiro atoms. The van der Waals surface area contributed by atoms with E-state index in [-0.39, 0.29) is 10.3 Å². The summed E-state index contributed by atoms with van der Waals surface area (Å²) in [4.78, 5) is 0. The fourth-order valence-electron chi connectivity index (χ4n) is 0.941. The van der Waals surface area contributed by atoms with Gasteiger partial charge in [0, 0.05) is 5.57 Å². The standard InChI is InChI=1S/C11H14Cl2N2/c1-3-5-6-8(4-2)9(11(13)15)7-10(12)14/h3-7H,1,14-15H2,2H3/b6-5-,8-4+,10-7-,11-9?. The Bertz CT molecular complexity index is 342. The molecule has 82 valence electrons. The number of rotatable bonds is 4. The summed E-state index contributed by atoms with van der Waals surface area (Å²) in [7, 11) is 0. The molecule has 0 bridgehead atoms. The summed E-state index contributed by atoms with van der Waals surface area (Å²) >= 11 is 11.3. The molecule has 15 heavy (non-hydrogen) atoms. The Labute approximate surface area is 100 Å². The highest BCUT2D eigenvalue weighted by Crippen LogP contribution is 2.19. The molecule has 0 aliphatic carbocycles. The third kappa shape index (κ3) is 5.35. The molecular formula is C11H14Cl2N2. The first-order chi connectivity index (χ1) is 7.02. The minimum absolute atomic E-state index is 0.125. The molecule has 0 amide bonds. The summed E-state index contributed by atoms with van der Waals surface area (Å²) < 4.78 is 0. The number of nitrogens with two attached hydrogens (primary N) is 2. The second kappa shape index (κ2) is 7.21. The van der Waals surface area contributed by atoms with Crippen LogP contribution < -0.4 is 11.5 Å². The van der Waals surface area contributed by atoms with Crippen molar-refractivity contribution in [2.24, 2.45) is 11.5 Å². The van der Waals surface area contributed by atoms with E-state index in [4.69, 9.17) is 34.7 Å². The van der Waals surface area contributed by atoms with Crippen LogP contribution in [0.3, 0.4) is 0 Å².